The Morgan fingerprint density at radius 2 is 1.78 bits per heavy atom. The first-order chi connectivity index (χ1) is 10.8. The van der Waals surface area contributed by atoms with E-state index >= 15 is 0 Å². The minimum atomic E-state index is -3.61. The second kappa shape index (κ2) is 7.06. The lowest BCUT2D eigenvalue weighted by molar-refractivity contribution is 0.101. The SMILES string of the molecule is CC(=O)c1cccc(S(=O)(=O)NCCc2ccc(C)c(C)c2)c1. The van der Waals surface area contributed by atoms with Crippen LogP contribution in [0.15, 0.2) is 47.4 Å². The van der Waals surface area contributed by atoms with Crippen LogP contribution in [0.5, 0.6) is 0 Å². The zero-order chi connectivity index (χ0) is 17.0. The molecule has 0 bridgehead atoms. The molecule has 0 aliphatic carbocycles. The van der Waals surface area contributed by atoms with Crippen molar-refractivity contribution in [2.45, 2.75) is 32.1 Å². The Balaban J connectivity index is 2.05. The van der Waals surface area contributed by atoms with E-state index in [2.05, 4.69) is 10.8 Å². The van der Waals surface area contributed by atoms with E-state index in [-0.39, 0.29) is 10.7 Å². The third-order valence-electron chi connectivity index (χ3n) is 3.83. The van der Waals surface area contributed by atoms with Gasteiger partial charge in [0.1, 0.15) is 0 Å². The number of Topliss-reactive ketones (excluding diaryl/α,β-unsaturated/α-hetero) is 1. The van der Waals surface area contributed by atoms with Gasteiger partial charge in [0.2, 0.25) is 10.0 Å². The molecule has 2 rings (SSSR count). The van der Waals surface area contributed by atoms with Gasteiger partial charge in [-0.2, -0.15) is 0 Å². The Labute approximate surface area is 137 Å². The zero-order valence-electron chi connectivity index (χ0n) is 13.6. The predicted molar refractivity (Wildman–Crippen MR) is 91.3 cm³/mol. The van der Waals surface area contributed by atoms with Crippen LogP contribution >= 0.6 is 0 Å². The van der Waals surface area contributed by atoms with E-state index in [0.29, 0.717) is 18.5 Å². The van der Waals surface area contributed by atoms with Crippen molar-refractivity contribution >= 4 is 15.8 Å². The van der Waals surface area contributed by atoms with Gasteiger partial charge >= 0.3 is 0 Å². The molecule has 0 aliphatic heterocycles. The Morgan fingerprint density at radius 1 is 1.04 bits per heavy atom. The lowest BCUT2D eigenvalue weighted by Gasteiger charge is -2.09. The summed E-state index contributed by atoms with van der Waals surface area (Å²) in [5, 5.41) is 0. The molecule has 0 saturated carbocycles. The first kappa shape index (κ1) is 17.4. The Morgan fingerprint density at radius 3 is 2.43 bits per heavy atom. The molecule has 1 N–H and O–H groups in total. The molecule has 0 saturated heterocycles. The number of rotatable bonds is 6. The average Bonchev–Trinajstić information content (AvgIpc) is 2.51. The van der Waals surface area contributed by atoms with E-state index in [1.807, 2.05) is 26.0 Å². The quantitative estimate of drug-likeness (QED) is 0.828. The predicted octanol–water partition coefficient (Wildman–Crippen LogP) is 3.03. The van der Waals surface area contributed by atoms with Crippen molar-refractivity contribution in [3.8, 4) is 0 Å². The Kier molecular flexibility index (Phi) is 5.34. The molecule has 4 nitrogen and oxygen atoms in total. The number of nitrogens with one attached hydrogen (secondary N) is 1. The van der Waals surface area contributed by atoms with Gasteiger partial charge in [0.05, 0.1) is 4.90 Å². The van der Waals surface area contributed by atoms with E-state index < -0.39 is 10.0 Å². The van der Waals surface area contributed by atoms with Crippen LogP contribution in [0.25, 0.3) is 0 Å². The normalized spacial score (nSPS) is 11.4. The molecular weight excluding hydrogens is 310 g/mol. The molecule has 2 aromatic carbocycles. The van der Waals surface area contributed by atoms with Gasteiger partial charge in [0, 0.05) is 12.1 Å². The van der Waals surface area contributed by atoms with Crippen LogP contribution in [0.1, 0.15) is 34.0 Å². The monoisotopic (exact) mass is 331 g/mol. The van der Waals surface area contributed by atoms with Crippen molar-refractivity contribution in [2.24, 2.45) is 0 Å². The van der Waals surface area contributed by atoms with E-state index in [1.165, 1.54) is 30.2 Å². The first-order valence-corrected chi connectivity index (χ1v) is 8.95. The number of carbonyl (C=O) groups is 1. The summed E-state index contributed by atoms with van der Waals surface area (Å²) in [5.41, 5.74) is 3.89. The van der Waals surface area contributed by atoms with Crippen LogP contribution in [0.3, 0.4) is 0 Å². The second-order valence-corrected chi connectivity index (χ2v) is 7.42. The third-order valence-corrected chi connectivity index (χ3v) is 5.29. The smallest absolute Gasteiger partial charge is 0.240 e. The minimum absolute atomic E-state index is 0.116. The lowest BCUT2D eigenvalue weighted by Crippen LogP contribution is -2.26. The summed E-state index contributed by atoms with van der Waals surface area (Å²) in [4.78, 5) is 11.5. The number of hydrogen-bond donors (Lipinski definition) is 1. The van der Waals surface area contributed by atoms with Crippen molar-refractivity contribution in [2.75, 3.05) is 6.54 Å². The largest absolute Gasteiger partial charge is 0.295 e. The molecule has 0 spiro atoms. The number of aryl methyl sites for hydroxylation is 2. The van der Waals surface area contributed by atoms with Crippen LogP contribution in [0.4, 0.5) is 0 Å². The summed E-state index contributed by atoms with van der Waals surface area (Å²) in [6, 6.07) is 12.2. The highest BCUT2D eigenvalue weighted by Gasteiger charge is 2.14. The molecule has 0 atom stereocenters. The van der Waals surface area contributed by atoms with Crippen LogP contribution < -0.4 is 4.72 Å². The Hall–Kier alpha value is -1.98. The molecule has 5 heteroatoms. The molecule has 23 heavy (non-hydrogen) atoms. The van der Waals surface area contributed by atoms with Gasteiger partial charge in [-0.3, -0.25) is 4.79 Å². The molecule has 0 radical (unpaired) electrons. The maximum Gasteiger partial charge on any atom is 0.240 e. The van der Waals surface area contributed by atoms with Crippen LogP contribution in [0.2, 0.25) is 0 Å². The highest BCUT2D eigenvalue weighted by Crippen LogP contribution is 2.13. The molecule has 0 fully saturated rings. The fourth-order valence-electron chi connectivity index (χ4n) is 2.25. The van der Waals surface area contributed by atoms with E-state index in [9.17, 15) is 13.2 Å². The molecule has 122 valence electrons. The maximum absolute atomic E-state index is 12.3. The summed E-state index contributed by atoms with van der Waals surface area (Å²) in [6.07, 6.45) is 0.618. The number of sulfonamides is 1. The number of benzene rings is 2. The topological polar surface area (TPSA) is 63.2 Å². The van der Waals surface area contributed by atoms with E-state index in [1.54, 1.807) is 12.1 Å². The number of carbonyl (C=O) groups excluding carboxylic acids is 1. The zero-order valence-corrected chi connectivity index (χ0v) is 14.4. The first-order valence-electron chi connectivity index (χ1n) is 7.46. The van der Waals surface area contributed by atoms with Gasteiger partial charge in [-0.1, -0.05) is 30.3 Å². The molecular formula is C18H21NO3S. The summed E-state index contributed by atoms with van der Waals surface area (Å²) < 4.78 is 27.2. The minimum Gasteiger partial charge on any atom is -0.295 e. The molecule has 0 aromatic heterocycles. The van der Waals surface area contributed by atoms with Crippen LogP contribution in [-0.4, -0.2) is 20.7 Å². The van der Waals surface area contributed by atoms with Crippen LogP contribution in [0, 0.1) is 13.8 Å². The van der Waals surface area contributed by atoms with Gasteiger partial charge in [0.25, 0.3) is 0 Å². The molecule has 0 unspecified atom stereocenters. The fourth-order valence-corrected chi connectivity index (χ4v) is 3.33. The van der Waals surface area contributed by atoms with Gasteiger partial charge < -0.3 is 0 Å². The van der Waals surface area contributed by atoms with E-state index in [0.717, 1.165) is 5.56 Å². The highest BCUT2D eigenvalue weighted by molar-refractivity contribution is 7.89. The molecule has 2 aromatic rings. The maximum atomic E-state index is 12.3. The molecule has 0 aliphatic rings. The van der Waals surface area contributed by atoms with Crippen molar-refractivity contribution < 1.29 is 13.2 Å². The second-order valence-electron chi connectivity index (χ2n) is 5.65. The standard InChI is InChI=1S/C18H21NO3S/c1-13-7-8-16(11-14(13)2)9-10-19-23(21,22)18-6-4-5-17(12-18)15(3)20/h4-8,11-12,19H,9-10H2,1-3H3. The van der Waals surface area contributed by atoms with Crippen molar-refractivity contribution in [3.05, 3.63) is 64.7 Å². The van der Waals surface area contributed by atoms with Crippen LogP contribution in [-0.2, 0) is 16.4 Å². The third kappa shape index (κ3) is 4.50. The molecule has 0 heterocycles. The summed E-state index contributed by atoms with van der Waals surface area (Å²) in [5.74, 6) is -0.155. The summed E-state index contributed by atoms with van der Waals surface area (Å²) in [6.45, 7) is 5.81. The van der Waals surface area contributed by atoms with Crippen molar-refractivity contribution in [1.29, 1.82) is 0 Å². The van der Waals surface area contributed by atoms with Gasteiger partial charge in [-0.05, 0) is 56.0 Å². The summed E-state index contributed by atoms with van der Waals surface area (Å²) in [7, 11) is -3.61. The van der Waals surface area contributed by atoms with E-state index in [4.69, 9.17) is 0 Å². The Bertz CT molecular complexity index is 826. The highest BCUT2D eigenvalue weighted by atomic mass is 32.2. The van der Waals surface area contributed by atoms with Gasteiger partial charge in [-0.15, -0.1) is 0 Å². The number of hydrogen-bond acceptors (Lipinski definition) is 3. The van der Waals surface area contributed by atoms with Gasteiger partial charge in [0.15, 0.2) is 5.78 Å². The molecule has 0 amide bonds. The van der Waals surface area contributed by atoms with Crippen molar-refractivity contribution in [1.82, 2.24) is 4.72 Å². The fraction of sp³-hybridized carbons (Fsp3) is 0.278. The summed E-state index contributed by atoms with van der Waals surface area (Å²) >= 11 is 0. The lowest BCUT2D eigenvalue weighted by atomic mass is 10.0. The van der Waals surface area contributed by atoms with Gasteiger partial charge in [-0.25, -0.2) is 13.1 Å². The van der Waals surface area contributed by atoms with Crippen molar-refractivity contribution in [3.63, 3.8) is 0 Å². The average molecular weight is 331 g/mol. The number of ketones is 1.